The molecule has 10 heavy (non-hydrogen) atoms. The second-order valence-corrected chi connectivity index (χ2v) is 3.60. The molecule has 2 unspecified atom stereocenters. The Bertz CT molecular complexity index is 205. The third-order valence-corrected chi connectivity index (χ3v) is 2.86. The zero-order valence-corrected chi connectivity index (χ0v) is 6.42. The maximum absolute atomic E-state index is 4.37. The molecule has 1 aliphatic carbocycles. The summed E-state index contributed by atoms with van der Waals surface area (Å²) in [5.41, 5.74) is 0. The lowest BCUT2D eigenvalue weighted by atomic mass is 10.1. The van der Waals surface area contributed by atoms with Crippen LogP contribution in [0.5, 0.6) is 0 Å². The van der Waals surface area contributed by atoms with E-state index >= 15 is 0 Å². The Hall–Kier alpha value is -0.500. The average molecular weight is 151 g/mol. The van der Waals surface area contributed by atoms with Crippen molar-refractivity contribution in [2.75, 3.05) is 5.75 Å². The standard InChI is InChI=1S/C8H9NS/c1-2-4-8-7(3-1)9-5-6-10-8/h1-5,7-8H,6H2/q+1. The second kappa shape index (κ2) is 2.62. The van der Waals surface area contributed by atoms with Gasteiger partial charge in [0, 0.05) is 4.99 Å². The minimum atomic E-state index is 0.420. The maximum atomic E-state index is 4.37. The van der Waals surface area contributed by atoms with Gasteiger partial charge in [-0.2, -0.15) is 0 Å². The summed E-state index contributed by atoms with van der Waals surface area (Å²) >= 11 is 1.96. The molecule has 0 saturated heterocycles. The zero-order chi connectivity index (χ0) is 6.81. The summed E-state index contributed by atoms with van der Waals surface area (Å²) in [4.78, 5) is 4.37. The van der Waals surface area contributed by atoms with E-state index in [4.69, 9.17) is 0 Å². The lowest BCUT2D eigenvalue weighted by molar-refractivity contribution is 0.773. The zero-order valence-electron chi connectivity index (χ0n) is 5.60. The molecule has 2 atom stereocenters. The van der Waals surface area contributed by atoms with E-state index in [2.05, 4.69) is 29.3 Å². The maximum Gasteiger partial charge on any atom is 0.253 e. The molecule has 2 aliphatic rings. The van der Waals surface area contributed by atoms with Gasteiger partial charge in [-0.05, 0) is 6.08 Å². The fraction of sp³-hybridized carbons (Fsp3) is 0.375. The van der Waals surface area contributed by atoms with Crippen LogP contribution in [0.3, 0.4) is 0 Å². The van der Waals surface area contributed by atoms with Gasteiger partial charge in [0.2, 0.25) is 6.21 Å². The highest BCUT2D eigenvalue weighted by Gasteiger charge is 2.29. The predicted molar refractivity (Wildman–Crippen MR) is 46.5 cm³/mol. The molecule has 1 nitrogen and oxygen atoms in total. The van der Waals surface area contributed by atoms with Gasteiger partial charge in [0.1, 0.15) is 0 Å². The van der Waals surface area contributed by atoms with Gasteiger partial charge in [-0.15, -0.1) is 11.8 Å². The normalized spacial score (nSPS) is 36.0. The van der Waals surface area contributed by atoms with Crippen LogP contribution in [-0.4, -0.2) is 23.3 Å². The summed E-state index contributed by atoms with van der Waals surface area (Å²) in [5, 5.41) is 0.606. The van der Waals surface area contributed by atoms with Crippen LogP contribution in [0.15, 0.2) is 24.3 Å². The van der Waals surface area contributed by atoms with Gasteiger partial charge >= 0.3 is 0 Å². The van der Waals surface area contributed by atoms with Crippen molar-refractivity contribution in [3.63, 3.8) is 0 Å². The van der Waals surface area contributed by atoms with Gasteiger partial charge < -0.3 is 0 Å². The van der Waals surface area contributed by atoms with Crippen LogP contribution in [0.25, 0.3) is 0 Å². The van der Waals surface area contributed by atoms with Crippen LogP contribution in [0, 0.1) is 0 Å². The topological polar surface area (TPSA) is 14.1 Å². The highest BCUT2D eigenvalue weighted by molar-refractivity contribution is 8.00. The third-order valence-electron chi connectivity index (χ3n) is 1.70. The average Bonchev–Trinajstić information content (AvgIpc) is 2.05. The third kappa shape index (κ3) is 1.03. The molecule has 0 fully saturated rings. The van der Waals surface area contributed by atoms with Gasteiger partial charge in [-0.25, -0.2) is 0 Å². The molecule has 0 saturated carbocycles. The van der Waals surface area contributed by atoms with Crippen molar-refractivity contribution in [1.82, 2.24) is 4.99 Å². The molecule has 0 N–H and O–H groups in total. The summed E-state index contributed by atoms with van der Waals surface area (Å²) in [6.45, 7) is 0. The van der Waals surface area contributed by atoms with Crippen molar-refractivity contribution in [3.05, 3.63) is 24.3 Å². The first-order valence-electron chi connectivity index (χ1n) is 3.45. The first kappa shape index (κ1) is 6.23. The summed E-state index contributed by atoms with van der Waals surface area (Å²) in [6, 6.07) is 0.420. The first-order valence-corrected chi connectivity index (χ1v) is 4.50. The minimum Gasteiger partial charge on any atom is -0.136 e. The molecule has 51 valence electrons. The van der Waals surface area contributed by atoms with Crippen molar-refractivity contribution >= 4 is 18.0 Å². The molecule has 1 aliphatic heterocycles. The van der Waals surface area contributed by atoms with E-state index < -0.39 is 0 Å². The smallest absolute Gasteiger partial charge is 0.136 e. The monoisotopic (exact) mass is 151 g/mol. The first-order chi connectivity index (χ1) is 4.97. The van der Waals surface area contributed by atoms with E-state index in [1.165, 1.54) is 0 Å². The minimum absolute atomic E-state index is 0.420. The van der Waals surface area contributed by atoms with Crippen LogP contribution >= 0.6 is 11.8 Å². The Balaban J connectivity index is 2.21. The molecule has 2 rings (SSSR count). The number of rotatable bonds is 0. The molecule has 1 radical (unpaired) electrons. The number of allylic oxidation sites excluding steroid dienone is 2. The Labute approximate surface area is 64.9 Å². The number of thioether (sulfide) groups is 1. The van der Waals surface area contributed by atoms with Crippen LogP contribution in [0.2, 0.25) is 0 Å². The number of hydrogen-bond acceptors (Lipinski definition) is 2. The second-order valence-electron chi connectivity index (χ2n) is 2.39. The van der Waals surface area contributed by atoms with E-state index in [1.807, 2.05) is 18.0 Å². The van der Waals surface area contributed by atoms with Gasteiger partial charge in [0.25, 0.3) is 6.04 Å². The number of fused-ring (bicyclic) bond motifs is 1. The van der Waals surface area contributed by atoms with Crippen molar-refractivity contribution < 1.29 is 0 Å². The Morgan fingerprint density at radius 2 is 2.20 bits per heavy atom. The molecule has 0 amide bonds. The van der Waals surface area contributed by atoms with Crippen LogP contribution in [-0.2, 0) is 0 Å². The lowest BCUT2D eigenvalue weighted by Crippen LogP contribution is -2.30. The quantitative estimate of drug-likeness (QED) is 0.504. The Morgan fingerprint density at radius 1 is 1.30 bits per heavy atom. The van der Waals surface area contributed by atoms with Crippen molar-refractivity contribution in [3.8, 4) is 0 Å². The molecule has 0 aromatic heterocycles. The lowest BCUT2D eigenvalue weighted by Gasteiger charge is -2.13. The van der Waals surface area contributed by atoms with Gasteiger partial charge in [0.05, 0.1) is 11.0 Å². The van der Waals surface area contributed by atoms with Crippen LogP contribution in [0.4, 0.5) is 0 Å². The number of aliphatic imine (C=N–C) groups is 1. The fourth-order valence-corrected chi connectivity index (χ4v) is 2.14. The molecule has 0 bridgehead atoms. The SMILES string of the molecule is C1=CC2[N+]=CCSC2C=C1. The van der Waals surface area contributed by atoms with E-state index in [0.717, 1.165) is 5.75 Å². The van der Waals surface area contributed by atoms with Gasteiger partial charge in [-0.3, -0.25) is 0 Å². The summed E-state index contributed by atoms with van der Waals surface area (Å²) in [5.74, 6) is 1.07. The predicted octanol–water partition coefficient (Wildman–Crippen LogP) is 1.00. The largest absolute Gasteiger partial charge is 0.253 e. The van der Waals surface area contributed by atoms with E-state index in [0.29, 0.717) is 11.3 Å². The van der Waals surface area contributed by atoms with E-state index in [-0.39, 0.29) is 0 Å². The fourth-order valence-electron chi connectivity index (χ4n) is 1.18. The summed E-state index contributed by atoms with van der Waals surface area (Å²) in [7, 11) is 0. The molecule has 0 spiro atoms. The molecule has 2 heteroatoms. The summed E-state index contributed by atoms with van der Waals surface area (Å²) in [6.07, 6.45) is 10.6. The van der Waals surface area contributed by atoms with Crippen molar-refractivity contribution in [2.45, 2.75) is 11.3 Å². The molecule has 1 heterocycles. The van der Waals surface area contributed by atoms with Crippen molar-refractivity contribution in [1.29, 1.82) is 0 Å². The van der Waals surface area contributed by atoms with Gasteiger partial charge in [0.15, 0.2) is 0 Å². The van der Waals surface area contributed by atoms with Crippen LogP contribution in [0.1, 0.15) is 0 Å². The molecule has 0 aromatic rings. The van der Waals surface area contributed by atoms with Crippen LogP contribution < -0.4 is 4.99 Å². The molecular formula is C8H9NS+. The Kier molecular flexibility index (Phi) is 1.63. The van der Waals surface area contributed by atoms with Gasteiger partial charge in [-0.1, -0.05) is 18.2 Å². The molecular weight excluding hydrogens is 142 g/mol. The molecule has 0 aromatic carbocycles. The van der Waals surface area contributed by atoms with E-state index in [1.54, 1.807) is 0 Å². The Morgan fingerprint density at radius 3 is 3.10 bits per heavy atom. The highest BCUT2D eigenvalue weighted by atomic mass is 32.2. The van der Waals surface area contributed by atoms with E-state index in [9.17, 15) is 0 Å². The number of nitrogens with zero attached hydrogens (tertiary/aromatic N) is 1. The van der Waals surface area contributed by atoms with Crippen molar-refractivity contribution in [2.24, 2.45) is 0 Å². The summed E-state index contributed by atoms with van der Waals surface area (Å²) < 4.78 is 0. The highest BCUT2D eigenvalue weighted by Crippen LogP contribution is 2.21. The number of hydrogen-bond donors (Lipinski definition) is 0.